The molecule has 0 N–H and O–H groups in total. The van der Waals surface area contributed by atoms with Crippen LogP contribution in [0.2, 0.25) is 10.0 Å². The maximum Gasteiger partial charge on any atom is 0.295 e. The lowest BCUT2D eigenvalue weighted by atomic mass is 9.98. The predicted molar refractivity (Wildman–Crippen MR) is 136 cm³/mol. The fourth-order valence-corrected chi connectivity index (χ4v) is 4.75. The van der Waals surface area contributed by atoms with Crippen molar-refractivity contribution >= 4 is 45.8 Å². The summed E-state index contributed by atoms with van der Waals surface area (Å²) in [6.45, 7) is 2.57. The van der Waals surface area contributed by atoms with Crippen LogP contribution in [0.5, 0.6) is 11.5 Å². The number of carbonyl (C=O) groups excluding carboxylic acids is 1. The second kappa shape index (κ2) is 9.29. The fraction of sp³-hybridized carbons (Fsp3) is 0.185. The molecule has 0 aliphatic carbocycles. The van der Waals surface area contributed by atoms with Gasteiger partial charge in [0.25, 0.3) is 5.91 Å². The van der Waals surface area contributed by atoms with Crippen molar-refractivity contribution in [2.45, 2.75) is 19.4 Å². The third kappa shape index (κ3) is 4.03. The SMILES string of the molecule is CCCOc1cccc(C2c3c(oc4ccc(Cl)cc4c3=O)C(=O)N2c2ccc(OC)c(Cl)c2)c1. The molecule has 1 aromatic heterocycles. The topological polar surface area (TPSA) is 69.0 Å². The number of hydrogen-bond donors (Lipinski definition) is 0. The van der Waals surface area contributed by atoms with Crippen molar-refractivity contribution in [3.63, 3.8) is 0 Å². The van der Waals surface area contributed by atoms with E-state index in [-0.39, 0.29) is 16.8 Å². The van der Waals surface area contributed by atoms with Crippen molar-refractivity contribution in [1.82, 2.24) is 0 Å². The van der Waals surface area contributed by atoms with Gasteiger partial charge in [0.2, 0.25) is 5.76 Å². The molecule has 1 unspecified atom stereocenters. The van der Waals surface area contributed by atoms with E-state index in [1.165, 1.54) is 12.0 Å². The number of amides is 1. The van der Waals surface area contributed by atoms with Gasteiger partial charge in [-0.25, -0.2) is 0 Å². The number of carbonyl (C=O) groups is 1. The highest BCUT2D eigenvalue weighted by Crippen LogP contribution is 2.43. The zero-order chi connectivity index (χ0) is 24.7. The van der Waals surface area contributed by atoms with Crippen LogP contribution in [0.15, 0.2) is 69.9 Å². The molecule has 4 aromatic rings. The van der Waals surface area contributed by atoms with Gasteiger partial charge in [0.15, 0.2) is 5.43 Å². The number of ether oxygens (including phenoxy) is 2. The van der Waals surface area contributed by atoms with E-state index in [1.54, 1.807) is 36.4 Å². The van der Waals surface area contributed by atoms with E-state index in [4.69, 9.17) is 37.1 Å². The van der Waals surface area contributed by atoms with Crippen LogP contribution in [0, 0.1) is 0 Å². The predicted octanol–water partition coefficient (Wildman–Crippen LogP) is 6.65. The Bertz CT molecular complexity index is 1510. The number of halogens is 2. The van der Waals surface area contributed by atoms with Gasteiger partial charge >= 0.3 is 0 Å². The van der Waals surface area contributed by atoms with Gasteiger partial charge in [0.05, 0.1) is 35.7 Å². The highest BCUT2D eigenvalue weighted by atomic mass is 35.5. The minimum absolute atomic E-state index is 0.0124. The largest absolute Gasteiger partial charge is 0.495 e. The maximum atomic E-state index is 13.7. The first-order valence-corrected chi connectivity index (χ1v) is 11.8. The monoisotopic (exact) mass is 509 g/mol. The normalized spacial score (nSPS) is 14.9. The summed E-state index contributed by atoms with van der Waals surface area (Å²) in [5.41, 5.74) is 1.42. The molecule has 0 radical (unpaired) electrons. The van der Waals surface area contributed by atoms with Crippen molar-refractivity contribution in [2.75, 3.05) is 18.6 Å². The molecule has 1 amide bonds. The summed E-state index contributed by atoms with van der Waals surface area (Å²) in [6, 6.07) is 16.4. The van der Waals surface area contributed by atoms with Gasteiger partial charge in [-0.05, 0) is 60.5 Å². The van der Waals surface area contributed by atoms with E-state index in [0.29, 0.717) is 50.4 Å². The third-order valence-corrected chi connectivity index (χ3v) is 6.42. The Morgan fingerprint density at radius 2 is 1.86 bits per heavy atom. The first-order valence-electron chi connectivity index (χ1n) is 11.1. The summed E-state index contributed by atoms with van der Waals surface area (Å²) in [7, 11) is 1.52. The Balaban J connectivity index is 1.75. The Morgan fingerprint density at radius 1 is 1.03 bits per heavy atom. The molecule has 0 saturated carbocycles. The number of benzene rings is 3. The van der Waals surface area contributed by atoms with Gasteiger partial charge in [0.1, 0.15) is 17.1 Å². The van der Waals surface area contributed by atoms with E-state index in [1.807, 2.05) is 31.2 Å². The molecule has 0 fully saturated rings. The molecule has 0 spiro atoms. The van der Waals surface area contributed by atoms with Gasteiger partial charge in [-0.15, -0.1) is 0 Å². The van der Waals surface area contributed by atoms with Crippen LogP contribution < -0.4 is 19.8 Å². The summed E-state index contributed by atoms with van der Waals surface area (Å²) >= 11 is 12.6. The summed E-state index contributed by atoms with van der Waals surface area (Å²) in [5.74, 6) is 0.661. The second-order valence-corrected chi connectivity index (χ2v) is 8.98. The minimum atomic E-state index is -0.758. The van der Waals surface area contributed by atoms with Crippen LogP contribution in [0.3, 0.4) is 0 Å². The van der Waals surface area contributed by atoms with E-state index in [0.717, 1.165) is 6.42 Å². The lowest BCUT2D eigenvalue weighted by Crippen LogP contribution is -2.29. The highest BCUT2D eigenvalue weighted by molar-refractivity contribution is 6.32. The third-order valence-electron chi connectivity index (χ3n) is 5.89. The molecule has 35 heavy (non-hydrogen) atoms. The lowest BCUT2D eigenvalue weighted by Gasteiger charge is -2.26. The highest BCUT2D eigenvalue weighted by Gasteiger charge is 2.44. The summed E-state index contributed by atoms with van der Waals surface area (Å²) in [5, 5.41) is 1.05. The van der Waals surface area contributed by atoms with Crippen LogP contribution in [0.4, 0.5) is 5.69 Å². The average molecular weight is 510 g/mol. The first kappa shape index (κ1) is 23.3. The molecule has 0 bridgehead atoms. The number of hydrogen-bond acceptors (Lipinski definition) is 5. The lowest BCUT2D eigenvalue weighted by molar-refractivity contribution is 0.0971. The molecular formula is C27H21Cl2NO5. The first-order chi connectivity index (χ1) is 16.9. The second-order valence-electron chi connectivity index (χ2n) is 8.13. The molecule has 5 rings (SSSR count). The van der Waals surface area contributed by atoms with Crippen molar-refractivity contribution in [1.29, 1.82) is 0 Å². The van der Waals surface area contributed by atoms with Gasteiger partial charge in [0, 0.05) is 10.7 Å². The van der Waals surface area contributed by atoms with Crippen molar-refractivity contribution in [3.8, 4) is 11.5 Å². The smallest absolute Gasteiger partial charge is 0.295 e. The van der Waals surface area contributed by atoms with Gasteiger partial charge in [-0.1, -0.05) is 42.3 Å². The van der Waals surface area contributed by atoms with Crippen LogP contribution in [-0.2, 0) is 0 Å². The van der Waals surface area contributed by atoms with E-state index in [9.17, 15) is 9.59 Å². The van der Waals surface area contributed by atoms with Crippen molar-refractivity contribution in [3.05, 3.63) is 97.8 Å². The Labute approximate surface area is 211 Å². The number of fused-ring (bicyclic) bond motifs is 2. The molecule has 1 aliphatic heterocycles. The van der Waals surface area contributed by atoms with E-state index < -0.39 is 11.9 Å². The van der Waals surface area contributed by atoms with Gasteiger partial charge in [-0.3, -0.25) is 14.5 Å². The molecule has 3 aromatic carbocycles. The van der Waals surface area contributed by atoms with E-state index in [2.05, 4.69) is 0 Å². The van der Waals surface area contributed by atoms with Crippen LogP contribution in [0.25, 0.3) is 11.0 Å². The van der Waals surface area contributed by atoms with Crippen molar-refractivity contribution in [2.24, 2.45) is 0 Å². The zero-order valence-electron chi connectivity index (χ0n) is 19.0. The average Bonchev–Trinajstić information content (AvgIpc) is 3.16. The summed E-state index contributed by atoms with van der Waals surface area (Å²) in [4.78, 5) is 29.0. The molecular weight excluding hydrogens is 489 g/mol. The number of anilines is 1. The number of methoxy groups -OCH3 is 1. The number of nitrogens with zero attached hydrogens (tertiary/aromatic N) is 1. The fourth-order valence-electron chi connectivity index (χ4n) is 4.33. The van der Waals surface area contributed by atoms with Gasteiger partial charge < -0.3 is 13.9 Å². The molecule has 1 atom stereocenters. The van der Waals surface area contributed by atoms with Crippen LogP contribution in [-0.4, -0.2) is 19.6 Å². The molecule has 1 aliphatic rings. The Morgan fingerprint density at radius 3 is 2.60 bits per heavy atom. The minimum Gasteiger partial charge on any atom is -0.495 e. The van der Waals surface area contributed by atoms with Crippen LogP contribution in [0.1, 0.15) is 41.1 Å². The summed E-state index contributed by atoms with van der Waals surface area (Å²) in [6.07, 6.45) is 0.849. The zero-order valence-corrected chi connectivity index (χ0v) is 20.5. The van der Waals surface area contributed by atoms with Crippen molar-refractivity contribution < 1.29 is 18.7 Å². The number of rotatable bonds is 6. The van der Waals surface area contributed by atoms with Gasteiger partial charge in [-0.2, -0.15) is 0 Å². The Hall–Kier alpha value is -3.48. The standard InChI is InChI=1S/C27H21Cl2NO5/c1-3-11-34-18-6-4-5-15(12-18)24-23-25(31)19-13-16(28)7-9-21(19)35-26(23)27(32)30(24)17-8-10-22(33-2)20(29)14-17/h4-10,12-14,24H,3,11H2,1-2H3. The quantitative estimate of drug-likeness (QED) is 0.291. The maximum absolute atomic E-state index is 13.7. The molecule has 6 nitrogen and oxygen atoms in total. The summed E-state index contributed by atoms with van der Waals surface area (Å²) < 4.78 is 17.1. The molecule has 8 heteroatoms. The molecule has 2 heterocycles. The molecule has 0 saturated heterocycles. The van der Waals surface area contributed by atoms with Crippen LogP contribution >= 0.6 is 23.2 Å². The molecule has 178 valence electrons. The Kier molecular flexibility index (Phi) is 6.17. The van der Waals surface area contributed by atoms with E-state index >= 15 is 0 Å².